The Morgan fingerprint density at radius 1 is 1.39 bits per heavy atom. The minimum absolute atomic E-state index is 0.155. The molecule has 1 aliphatic rings. The van der Waals surface area contributed by atoms with Gasteiger partial charge in [0.1, 0.15) is 5.76 Å². The number of aryl methyl sites for hydroxylation is 1. The summed E-state index contributed by atoms with van der Waals surface area (Å²) in [6.07, 6.45) is 5.01. The molecule has 102 valence electrons. The maximum absolute atomic E-state index is 5.53. The molecule has 0 amide bonds. The van der Waals surface area contributed by atoms with Gasteiger partial charge in [-0.05, 0) is 32.8 Å². The highest BCUT2D eigenvalue weighted by Gasteiger charge is 2.23. The predicted molar refractivity (Wildman–Crippen MR) is 69.4 cm³/mol. The third-order valence-electron chi connectivity index (χ3n) is 3.29. The van der Waals surface area contributed by atoms with Crippen LogP contribution in [0.3, 0.4) is 0 Å². The van der Waals surface area contributed by atoms with Gasteiger partial charge in [0.05, 0.1) is 6.26 Å². The van der Waals surface area contributed by atoms with E-state index in [1.807, 2.05) is 13.8 Å². The second kappa shape index (κ2) is 6.92. The number of ether oxygens (including phenoxy) is 2. The molecule has 4 heteroatoms. The number of fused-ring (bicyclic) bond motifs is 1. The van der Waals surface area contributed by atoms with Crippen LogP contribution in [-0.2, 0) is 15.9 Å². The predicted octanol–water partition coefficient (Wildman–Crippen LogP) is 2.65. The summed E-state index contributed by atoms with van der Waals surface area (Å²) in [6.45, 7) is 6.04. The van der Waals surface area contributed by atoms with Gasteiger partial charge in [-0.1, -0.05) is 0 Å². The topological polar surface area (TPSA) is 43.6 Å². The van der Waals surface area contributed by atoms with E-state index in [4.69, 9.17) is 13.9 Å². The number of hydrogen-bond donors (Lipinski definition) is 1. The fraction of sp³-hybridized carbons (Fsp3) is 0.714. The largest absolute Gasteiger partial charge is 0.469 e. The number of hydrogen-bond acceptors (Lipinski definition) is 4. The highest BCUT2D eigenvalue weighted by molar-refractivity contribution is 5.23. The lowest BCUT2D eigenvalue weighted by atomic mass is 9.93. The van der Waals surface area contributed by atoms with Crippen LogP contribution in [0.4, 0.5) is 0 Å². The summed E-state index contributed by atoms with van der Waals surface area (Å²) >= 11 is 0. The van der Waals surface area contributed by atoms with E-state index in [0.717, 1.165) is 25.1 Å². The number of furan rings is 1. The lowest BCUT2D eigenvalue weighted by Gasteiger charge is -2.25. The molecule has 1 aliphatic carbocycles. The van der Waals surface area contributed by atoms with Crippen molar-refractivity contribution in [3.8, 4) is 0 Å². The molecular weight excluding hydrogens is 230 g/mol. The quantitative estimate of drug-likeness (QED) is 0.759. The van der Waals surface area contributed by atoms with Gasteiger partial charge in [0.15, 0.2) is 6.29 Å². The zero-order chi connectivity index (χ0) is 12.8. The molecule has 1 heterocycles. The van der Waals surface area contributed by atoms with Crippen LogP contribution >= 0.6 is 0 Å². The van der Waals surface area contributed by atoms with Crippen molar-refractivity contribution in [2.75, 3.05) is 19.8 Å². The second-order valence-corrected chi connectivity index (χ2v) is 4.49. The summed E-state index contributed by atoms with van der Waals surface area (Å²) in [4.78, 5) is 0. The van der Waals surface area contributed by atoms with Crippen LogP contribution in [0.5, 0.6) is 0 Å². The summed E-state index contributed by atoms with van der Waals surface area (Å²) in [5, 5.41) is 3.52. The van der Waals surface area contributed by atoms with Gasteiger partial charge in [0.25, 0.3) is 0 Å². The molecule has 0 saturated carbocycles. The van der Waals surface area contributed by atoms with Crippen LogP contribution < -0.4 is 5.32 Å². The minimum atomic E-state index is -0.155. The highest BCUT2D eigenvalue weighted by Crippen LogP contribution is 2.30. The summed E-state index contributed by atoms with van der Waals surface area (Å²) in [5.41, 5.74) is 1.30. The average Bonchev–Trinajstić information content (AvgIpc) is 2.85. The van der Waals surface area contributed by atoms with Crippen LogP contribution in [0.2, 0.25) is 0 Å². The van der Waals surface area contributed by atoms with Gasteiger partial charge in [-0.25, -0.2) is 0 Å². The number of rotatable bonds is 7. The Labute approximate surface area is 109 Å². The smallest absolute Gasteiger partial charge is 0.169 e. The third kappa shape index (κ3) is 3.34. The molecule has 0 saturated heterocycles. The van der Waals surface area contributed by atoms with Crippen molar-refractivity contribution in [2.45, 2.75) is 45.4 Å². The van der Waals surface area contributed by atoms with Crippen molar-refractivity contribution in [2.24, 2.45) is 0 Å². The third-order valence-corrected chi connectivity index (χ3v) is 3.29. The zero-order valence-corrected chi connectivity index (χ0v) is 11.3. The monoisotopic (exact) mass is 253 g/mol. The first kappa shape index (κ1) is 13.6. The average molecular weight is 253 g/mol. The highest BCUT2D eigenvalue weighted by atomic mass is 16.7. The molecule has 0 bridgehead atoms. The van der Waals surface area contributed by atoms with Gasteiger partial charge in [0, 0.05) is 37.8 Å². The Hall–Kier alpha value is -0.840. The van der Waals surface area contributed by atoms with E-state index in [2.05, 4.69) is 11.4 Å². The van der Waals surface area contributed by atoms with Gasteiger partial charge in [-0.2, -0.15) is 0 Å². The summed E-state index contributed by atoms with van der Waals surface area (Å²) in [5.74, 6) is 1.13. The Morgan fingerprint density at radius 3 is 2.89 bits per heavy atom. The first-order valence-corrected chi connectivity index (χ1v) is 6.88. The van der Waals surface area contributed by atoms with Crippen LogP contribution in [-0.4, -0.2) is 26.0 Å². The van der Waals surface area contributed by atoms with Gasteiger partial charge in [-0.15, -0.1) is 0 Å². The molecule has 0 aromatic carbocycles. The fourth-order valence-corrected chi connectivity index (χ4v) is 2.47. The molecule has 0 aliphatic heterocycles. The van der Waals surface area contributed by atoms with Gasteiger partial charge in [0.2, 0.25) is 0 Å². The zero-order valence-electron chi connectivity index (χ0n) is 11.3. The second-order valence-electron chi connectivity index (χ2n) is 4.49. The van der Waals surface area contributed by atoms with E-state index in [1.165, 1.54) is 12.0 Å². The van der Waals surface area contributed by atoms with Crippen molar-refractivity contribution in [3.05, 3.63) is 23.7 Å². The van der Waals surface area contributed by atoms with E-state index in [1.54, 1.807) is 6.26 Å². The van der Waals surface area contributed by atoms with Crippen LogP contribution in [0.1, 0.15) is 44.1 Å². The van der Waals surface area contributed by atoms with Crippen LogP contribution in [0.25, 0.3) is 0 Å². The molecule has 0 radical (unpaired) electrons. The lowest BCUT2D eigenvalue weighted by Crippen LogP contribution is -2.35. The van der Waals surface area contributed by atoms with E-state index < -0.39 is 0 Å². The van der Waals surface area contributed by atoms with E-state index >= 15 is 0 Å². The molecule has 4 nitrogen and oxygen atoms in total. The molecule has 1 N–H and O–H groups in total. The summed E-state index contributed by atoms with van der Waals surface area (Å²) < 4.78 is 16.6. The van der Waals surface area contributed by atoms with E-state index in [0.29, 0.717) is 19.3 Å². The molecule has 0 fully saturated rings. The van der Waals surface area contributed by atoms with Crippen molar-refractivity contribution >= 4 is 0 Å². The molecular formula is C14H23NO3. The van der Waals surface area contributed by atoms with Crippen molar-refractivity contribution < 1.29 is 13.9 Å². The first-order valence-electron chi connectivity index (χ1n) is 6.88. The molecule has 18 heavy (non-hydrogen) atoms. The Morgan fingerprint density at radius 2 is 2.17 bits per heavy atom. The Bertz CT molecular complexity index is 345. The molecule has 0 spiro atoms. The van der Waals surface area contributed by atoms with Gasteiger partial charge >= 0.3 is 0 Å². The minimum Gasteiger partial charge on any atom is -0.469 e. The van der Waals surface area contributed by atoms with Crippen molar-refractivity contribution in [1.82, 2.24) is 5.32 Å². The molecule has 1 aromatic heterocycles. The maximum atomic E-state index is 5.53. The standard InChI is InChI=1S/C14H23NO3/c1-3-16-14(17-4-2)10-15-12-6-5-7-13-11(12)8-9-18-13/h8-9,12,14-15H,3-7,10H2,1-2H3. The Balaban J connectivity index is 1.87. The summed E-state index contributed by atoms with van der Waals surface area (Å²) in [7, 11) is 0. The first-order chi connectivity index (χ1) is 8.85. The van der Waals surface area contributed by atoms with E-state index in [9.17, 15) is 0 Å². The normalized spacial score (nSPS) is 19.2. The summed E-state index contributed by atoms with van der Waals surface area (Å²) in [6, 6.07) is 2.44. The molecule has 1 unspecified atom stereocenters. The lowest BCUT2D eigenvalue weighted by molar-refractivity contribution is -0.134. The van der Waals surface area contributed by atoms with Crippen LogP contribution in [0.15, 0.2) is 16.7 Å². The fourth-order valence-electron chi connectivity index (χ4n) is 2.47. The Kier molecular flexibility index (Phi) is 5.23. The molecule has 1 aromatic rings. The maximum Gasteiger partial charge on any atom is 0.169 e. The number of nitrogens with one attached hydrogen (secondary N) is 1. The van der Waals surface area contributed by atoms with Crippen molar-refractivity contribution in [3.63, 3.8) is 0 Å². The van der Waals surface area contributed by atoms with Crippen LogP contribution in [0, 0.1) is 0 Å². The van der Waals surface area contributed by atoms with Crippen molar-refractivity contribution in [1.29, 1.82) is 0 Å². The van der Waals surface area contributed by atoms with Gasteiger partial charge < -0.3 is 19.2 Å². The SMILES string of the molecule is CCOC(CNC1CCCc2occc21)OCC. The van der Waals surface area contributed by atoms with E-state index in [-0.39, 0.29) is 6.29 Å². The van der Waals surface area contributed by atoms with Gasteiger partial charge in [-0.3, -0.25) is 0 Å². The molecule has 1 atom stereocenters. The molecule has 2 rings (SSSR count).